The van der Waals surface area contributed by atoms with E-state index in [1.54, 1.807) is 12.1 Å². The molecule has 13 heavy (non-hydrogen) atoms. The molecule has 1 aromatic rings. The summed E-state index contributed by atoms with van der Waals surface area (Å²) in [6.07, 6.45) is 0.725. The number of rotatable bonds is 2. The van der Waals surface area contributed by atoms with Gasteiger partial charge in [-0.1, -0.05) is 0 Å². The standard InChI is InChI=1S/C11H12O2/c1-7-4-10(6-12)11(9(3)13)5-8(7)2/h4-6H,1-3H3. The summed E-state index contributed by atoms with van der Waals surface area (Å²) in [5.74, 6) is -0.0646. The fourth-order valence-electron chi connectivity index (χ4n) is 1.24. The molecule has 0 saturated heterocycles. The van der Waals surface area contributed by atoms with E-state index in [4.69, 9.17) is 0 Å². The van der Waals surface area contributed by atoms with Gasteiger partial charge in [0.1, 0.15) is 0 Å². The van der Waals surface area contributed by atoms with E-state index in [-0.39, 0.29) is 5.78 Å². The molecule has 0 unspecified atom stereocenters. The zero-order valence-corrected chi connectivity index (χ0v) is 8.05. The van der Waals surface area contributed by atoms with Crippen LogP contribution in [0.5, 0.6) is 0 Å². The van der Waals surface area contributed by atoms with E-state index in [1.165, 1.54) is 6.92 Å². The molecule has 0 amide bonds. The first kappa shape index (κ1) is 9.65. The Kier molecular flexibility index (Phi) is 2.61. The summed E-state index contributed by atoms with van der Waals surface area (Å²) in [6, 6.07) is 3.51. The molecule has 0 saturated carbocycles. The number of hydrogen-bond acceptors (Lipinski definition) is 2. The SMILES string of the molecule is CC(=O)c1cc(C)c(C)cc1C=O. The molecule has 0 radical (unpaired) electrons. The topological polar surface area (TPSA) is 34.1 Å². The van der Waals surface area contributed by atoms with Crippen molar-refractivity contribution < 1.29 is 9.59 Å². The van der Waals surface area contributed by atoms with Gasteiger partial charge in [0.15, 0.2) is 12.1 Å². The van der Waals surface area contributed by atoms with E-state index in [1.807, 2.05) is 13.8 Å². The molecule has 0 aliphatic heterocycles. The zero-order chi connectivity index (χ0) is 10.0. The Bertz CT molecular complexity index is 365. The average Bonchev–Trinajstić information content (AvgIpc) is 2.08. The summed E-state index contributed by atoms with van der Waals surface area (Å²) in [7, 11) is 0. The number of carbonyl (C=O) groups is 2. The lowest BCUT2D eigenvalue weighted by molar-refractivity contribution is 0.100. The fourth-order valence-corrected chi connectivity index (χ4v) is 1.24. The van der Waals surface area contributed by atoms with Crippen LogP contribution in [0.1, 0.15) is 38.8 Å². The number of aldehydes is 1. The quantitative estimate of drug-likeness (QED) is 0.512. The summed E-state index contributed by atoms with van der Waals surface area (Å²) in [5, 5.41) is 0. The Morgan fingerprint density at radius 3 is 2.23 bits per heavy atom. The highest BCUT2D eigenvalue weighted by Gasteiger charge is 2.07. The molecule has 0 heterocycles. The summed E-state index contributed by atoms with van der Waals surface area (Å²) in [4.78, 5) is 21.8. The highest BCUT2D eigenvalue weighted by molar-refractivity contribution is 6.01. The summed E-state index contributed by atoms with van der Waals surface area (Å²) in [5.41, 5.74) is 3.07. The highest BCUT2D eigenvalue weighted by atomic mass is 16.1. The van der Waals surface area contributed by atoms with Crippen molar-refractivity contribution in [1.29, 1.82) is 0 Å². The van der Waals surface area contributed by atoms with Crippen LogP contribution in [0.4, 0.5) is 0 Å². The smallest absolute Gasteiger partial charge is 0.160 e. The Balaban J connectivity index is 3.41. The molecule has 2 heteroatoms. The van der Waals surface area contributed by atoms with Crippen LogP contribution in [0.15, 0.2) is 12.1 Å². The minimum absolute atomic E-state index is 0.0646. The first-order chi connectivity index (χ1) is 6.06. The zero-order valence-electron chi connectivity index (χ0n) is 8.05. The van der Waals surface area contributed by atoms with Gasteiger partial charge in [-0.2, -0.15) is 0 Å². The molecule has 1 aromatic carbocycles. The summed E-state index contributed by atoms with van der Waals surface area (Å²) < 4.78 is 0. The van der Waals surface area contributed by atoms with Crippen LogP contribution in [0.25, 0.3) is 0 Å². The molecule has 0 N–H and O–H groups in total. The number of aryl methyl sites for hydroxylation is 2. The van der Waals surface area contributed by atoms with E-state index in [0.29, 0.717) is 11.1 Å². The maximum Gasteiger partial charge on any atom is 0.160 e. The molecular formula is C11H12O2. The molecule has 2 nitrogen and oxygen atoms in total. The van der Waals surface area contributed by atoms with Gasteiger partial charge in [-0.3, -0.25) is 9.59 Å². The van der Waals surface area contributed by atoms with Crippen molar-refractivity contribution in [2.75, 3.05) is 0 Å². The van der Waals surface area contributed by atoms with Crippen molar-refractivity contribution in [1.82, 2.24) is 0 Å². The van der Waals surface area contributed by atoms with Crippen LogP contribution >= 0.6 is 0 Å². The van der Waals surface area contributed by atoms with Gasteiger partial charge < -0.3 is 0 Å². The third-order valence-corrected chi connectivity index (χ3v) is 2.17. The van der Waals surface area contributed by atoms with Crippen molar-refractivity contribution in [2.24, 2.45) is 0 Å². The van der Waals surface area contributed by atoms with Gasteiger partial charge >= 0.3 is 0 Å². The van der Waals surface area contributed by atoms with Gasteiger partial charge in [-0.25, -0.2) is 0 Å². The molecule has 0 aliphatic rings. The van der Waals surface area contributed by atoms with Crippen molar-refractivity contribution in [3.05, 3.63) is 34.4 Å². The molecular weight excluding hydrogens is 164 g/mol. The van der Waals surface area contributed by atoms with Crippen molar-refractivity contribution in [3.63, 3.8) is 0 Å². The Morgan fingerprint density at radius 2 is 1.77 bits per heavy atom. The highest BCUT2D eigenvalue weighted by Crippen LogP contribution is 2.14. The molecule has 1 rings (SSSR count). The number of hydrogen-bond donors (Lipinski definition) is 0. The van der Waals surface area contributed by atoms with Crippen LogP contribution in [0.3, 0.4) is 0 Å². The largest absolute Gasteiger partial charge is 0.298 e. The molecule has 68 valence electrons. The molecule has 0 aliphatic carbocycles. The second-order valence-corrected chi connectivity index (χ2v) is 3.20. The first-order valence-corrected chi connectivity index (χ1v) is 4.13. The minimum atomic E-state index is -0.0646. The Labute approximate surface area is 77.6 Å². The maximum absolute atomic E-state index is 11.1. The van der Waals surface area contributed by atoms with Crippen LogP contribution in [0.2, 0.25) is 0 Å². The summed E-state index contributed by atoms with van der Waals surface area (Å²) >= 11 is 0. The van der Waals surface area contributed by atoms with Gasteiger partial charge in [0.25, 0.3) is 0 Å². The normalized spacial score (nSPS) is 9.77. The molecule has 0 spiro atoms. The van der Waals surface area contributed by atoms with E-state index >= 15 is 0 Å². The van der Waals surface area contributed by atoms with Crippen molar-refractivity contribution in [2.45, 2.75) is 20.8 Å². The second kappa shape index (κ2) is 3.52. The summed E-state index contributed by atoms with van der Waals surface area (Å²) in [6.45, 7) is 5.32. The van der Waals surface area contributed by atoms with Crippen LogP contribution in [-0.2, 0) is 0 Å². The molecule has 0 bridgehead atoms. The minimum Gasteiger partial charge on any atom is -0.298 e. The third kappa shape index (κ3) is 1.83. The molecule has 0 atom stereocenters. The molecule has 0 aromatic heterocycles. The number of carbonyl (C=O) groups excluding carboxylic acids is 2. The fraction of sp³-hybridized carbons (Fsp3) is 0.273. The second-order valence-electron chi connectivity index (χ2n) is 3.20. The van der Waals surface area contributed by atoms with E-state index in [0.717, 1.165) is 17.4 Å². The number of Topliss-reactive ketones (excluding diaryl/α,β-unsaturated/α-hetero) is 1. The van der Waals surface area contributed by atoms with Crippen molar-refractivity contribution in [3.8, 4) is 0 Å². The Morgan fingerprint density at radius 1 is 1.23 bits per heavy atom. The maximum atomic E-state index is 11.1. The predicted molar refractivity (Wildman–Crippen MR) is 51.3 cm³/mol. The van der Waals surface area contributed by atoms with Crippen molar-refractivity contribution >= 4 is 12.1 Å². The van der Waals surface area contributed by atoms with Gasteiger partial charge in [0.2, 0.25) is 0 Å². The van der Waals surface area contributed by atoms with E-state index in [9.17, 15) is 9.59 Å². The van der Waals surface area contributed by atoms with E-state index < -0.39 is 0 Å². The molecule has 0 fully saturated rings. The lowest BCUT2D eigenvalue weighted by atomic mass is 9.98. The van der Waals surface area contributed by atoms with Crippen LogP contribution in [-0.4, -0.2) is 12.1 Å². The van der Waals surface area contributed by atoms with E-state index in [2.05, 4.69) is 0 Å². The first-order valence-electron chi connectivity index (χ1n) is 4.13. The van der Waals surface area contributed by atoms with Crippen LogP contribution in [0, 0.1) is 13.8 Å². The van der Waals surface area contributed by atoms with Gasteiger partial charge in [0, 0.05) is 11.1 Å². The van der Waals surface area contributed by atoms with Crippen LogP contribution < -0.4 is 0 Å². The van der Waals surface area contributed by atoms with Gasteiger partial charge in [0.05, 0.1) is 0 Å². The van der Waals surface area contributed by atoms with Gasteiger partial charge in [-0.05, 0) is 44.0 Å². The predicted octanol–water partition coefficient (Wildman–Crippen LogP) is 2.32. The number of benzene rings is 1. The average molecular weight is 176 g/mol. The monoisotopic (exact) mass is 176 g/mol. The van der Waals surface area contributed by atoms with Gasteiger partial charge in [-0.15, -0.1) is 0 Å². The lowest BCUT2D eigenvalue weighted by Gasteiger charge is -2.05. The third-order valence-electron chi connectivity index (χ3n) is 2.17. The lowest BCUT2D eigenvalue weighted by Crippen LogP contribution is -2.00. The number of ketones is 1. The Hall–Kier alpha value is -1.44.